The number of carbonyl (C=O) groups is 1. The predicted molar refractivity (Wildman–Crippen MR) is 85.3 cm³/mol. The summed E-state index contributed by atoms with van der Waals surface area (Å²) in [5.74, 6) is 0.296. The molecule has 0 N–H and O–H groups in total. The topological polar surface area (TPSA) is 72.9 Å². The molecule has 0 bridgehead atoms. The van der Waals surface area contributed by atoms with Gasteiger partial charge in [-0.05, 0) is 43.4 Å². The number of rotatable bonds is 6. The van der Waals surface area contributed by atoms with Crippen molar-refractivity contribution in [1.29, 1.82) is 0 Å². The van der Waals surface area contributed by atoms with Gasteiger partial charge in [-0.15, -0.1) is 0 Å². The maximum absolute atomic E-state index is 12.7. The van der Waals surface area contributed by atoms with E-state index in [1.165, 1.54) is 13.5 Å². The van der Waals surface area contributed by atoms with E-state index < -0.39 is 10.0 Å². The molecule has 23 heavy (non-hydrogen) atoms. The molecule has 2 saturated carbocycles. The molecule has 132 valence electrons. The third-order valence-electron chi connectivity index (χ3n) is 6.14. The third kappa shape index (κ3) is 3.28. The molecule has 3 aliphatic rings. The van der Waals surface area contributed by atoms with E-state index in [1.807, 2.05) is 0 Å². The zero-order valence-electron chi connectivity index (χ0n) is 14.0. The minimum absolute atomic E-state index is 0.00621. The molecule has 1 saturated heterocycles. The number of hydrogen-bond acceptors (Lipinski definition) is 5. The van der Waals surface area contributed by atoms with Gasteiger partial charge in [0, 0.05) is 20.2 Å². The average molecular weight is 345 g/mol. The summed E-state index contributed by atoms with van der Waals surface area (Å²) in [5.41, 5.74) is -0.00621. The van der Waals surface area contributed by atoms with E-state index in [1.54, 1.807) is 11.4 Å². The summed E-state index contributed by atoms with van der Waals surface area (Å²) < 4.78 is 37.2. The summed E-state index contributed by atoms with van der Waals surface area (Å²) in [6, 6.07) is 0. The van der Waals surface area contributed by atoms with Gasteiger partial charge in [0.15, 0.2) is 0 Å². The van der Waals surface area contributed by atoms with E-state index in [0.717, 1.165) is 32.1 Å². The second-order valence-electron chi connectivity index (χ2n) is 7.28. The molecule has 0 radical (unpaired) electrons. The SMILES string of the molecule is COC(=O)C1CC12CCN(S(=O)(=O)CC(OC)C1CCC1)CC2. The highest BCUT2D eigenvalue weighted by Crippen LogP contribution is 2.60. The van der Waals surface area contributed by atoms with Gasteiger partial charge in [0.2, 0.25) is 10.0 Å². The van der Waals surface area contributed by atoms with Crippen LogP contribution in [0.5, 0.6) is 0 Å². The molecule has 6 nitrogen and oxygen atoms in total. The van der Waals surface area contributed by atoms with E-state index in [2.05, 4.69) is 0 Å². The minimum atomic E-state index is -3.29. The number of nitrogens with zero attached hydrogens (tertiary/aromatic N) is 1. The average Bonchev–Trinajstić information content (AvgIpc) is 3.17. The van der Waals surface area contributed by atoms with Crippen LogP contribution in [0.25, 0.3) is 0 Å². The zero-order valence-corrected chi connectivity index (χ0v) is 14.8. The lowest BCUT2D eigenvalue weighted by molar-refractivity contribution is -0.143. The molecule has 7 heteroatoms. The molecule has 2 aliphatic carbocycles. The Kier molecular flexibility index (Phi) is 4.73. The molecule has 1 aliphatic heterocycles. The fourth-order valence-electron chi connectivity index (χ4n) is 4.11. The highest BCUT2D eigenvalue weighted by molar-refractivity contribution is 7.89. The van der Waals surface area contributed by atoms with E-state index in [-0.39, 0.29) is 29.2 Å². The van der Waals surface area contributed by atoms with E-state index in [9.17, 15) is 13.2 Å². The first-order chi connectivity index (χ1) is 10.9. The summed E-state index contributed by atoms with van der Waals surface area (Å²) in [7, 11) is -0.267. The smallest absolute Gasteiger partial charge is 0.309 e. The summed E-state index contributed by atoms with van der Waals surface area (Å²) >= 11 is 0. The van der Waals surface area contributed by atoms with Crippen molar-refractivity contribution in [2.75, 3.05) is 33.1 Å². The van der Waals surface area contributed by atoms with Gasteiger partial charge in [0.05, 0.1) is 24.9 Å². The standard InChI is InChI=1S/C16H27NO5S/c1-21-14(12-4-3-5-12)11-23(19,20)17-8-6-16(7-9-17)10-13(16)15(18)22-2/h12-14H,3-11H2,1-2H3. The molecular formula is C16H27NO5S. The Labute approximate surface area is 138 Å². The second-order valence-corrected chi connectivity index (χ2v) is 9.30. The van der Waals surface area contributed by atoms with Crippen LogP contribution >= 0.6 is 0 Å². The van der Waals surface area contributed by atoms with Gasteiger partial charge >= 0.3 is 5.97 Å². The maximum atomic E-state index is 12.7. The molecular weight excluding hydrogens is 318 g/mol. The van der Waals surface area contributed by atoms with E-state index in [0.29, 0.717) is 19.0 Å². The van der Waals surface area contributed by atoms with Crippen LogP contribution in [0.3, 0.4) is 0 Å². The van der Waals surface area contributed by atoms with E-state index in [4.69, 9.17) is 9.47 Å². The number of ether oxygens (including phenoxy) is 2. The van der Waals surface area contributed by atoms with Gasteiger partial charge in [-0.2, -0.15) is 0 Å². The Bertz CT molecular complexity index is 549. The van der Waals surface area contributed by atoms with Crippen LogP contribution in [0.1, 0.15) is 38.5 Å². The number of hydrogen-bond donors (Lipinski definition) is 0. The van der Waals surface area contributed by atoms with Crippen molar-refractivity contribution in [3.8, 4) is 0 Å². The molecule has 1 spiro atoms. The largest absolute Gasteiger partial charge is 0.469 e. The van der Waals surface area contributed by atoms with Crippen LogP contribution in [0, 0.1) is 17.3 Å². The molecule has 3 rings (SSSR count). The van der Waals surface area contributed by atoms with Crippen molar-refractivity contribution in [1.82, 2.24) is 4.31 Å². The van der Waals surface area contributed by atoms with Crippen molar-refractivity contribution in [2.24, 2.45) is 17.3 Å². The first-order valence-corrected chi connectivity index (χ1v) is 10.1. The van der Waals surface area contributed by atoms with Crippen LogP contribution in [0.15, 0.2) is 0 Å². The van der Waals surface area contributed by atoms with Crippen LogP contribution in [0.4, 0.5) is 0 Å². The quantitative estimate of drug-likeness (QED) is 0.681. The fourth-order valence-corrected chi connectivity index (χ4v) is 5.88. The lowest BCUT2D eigenvalue weighted by atomic mass is 9.82. The van der Waals surface area contributed by atoms with Gasteiger partial charge < -0.3 is 9.47 Å². The van der Waals surface area contributed by atoms with Gasteiger partial charge in [-0.3, -0.25) is 4.79 Å². The number of sulfonamides is 1. The van der Waals surface area contributed by atoms with Gasteiger partial charge in [-0.1, -0.05) is 6.42 Å². The normalized spacial score (nSPS) is 29.0. The molecule has 1 heterocycles. The van der Waals surface area contributed by atoms with Crippen molar-refractivity contribution in [2.45, 2.75) is 44.6 Å². The van der Waals surface area contributed by atoms with Crippen LogP contribution in [-0.4, -0.2) is 57.9 Å². The number of carbonyl (C=O) groups excluding carboxylic acids is 1. The summed E-state index contributed by atoms with van der Waals surface area (Å²) in [6.07, 6.45) is 5.48. The van der Waals surface area contributed by atoms with Gasteiger partial charge in [-0.25, -0.2) is 12.7 Å². The highest BCUT2D eigenvalue weighted by atomic mass is 32.2. The first-order valence-electron chi connectivity index (χ1n) is 8.50. The fraction of sp³-hybridized carbons (Fsp3) is 0.938. The monoisotopic (exact) mass is 345 g/mol. The highest BCUT2D eigenvalue weighted by Gasteiger charge is 2.59. The zero-order chi connectivity index (χ0) is 16.7. The van der Waals surface area contributed by atoms with Gasteiger partial charge in [0.25, 0.3) is 0 Å². The second kappa shape index (κ2) is 6.33. The number of methoxy groups -OCH3 is 2. The van der Waals surface area contributed by atoms with Crippen LogP contribution in [0.2, 0.25) is 0 Å². The number of esters is 1. The van der Waals surface area contributed by atoms with Crippen molar-refractivity contribution in [3.05, 3.63) is 0 Å². The van der Waals surface area contributed by atoms with Crippen molar-refractivity contribution >= 4 is 16.0 Å². The molecule has 3 fully saturated rings. The molecule has 0 amide bonds. The van der Waals surface area contributed by atoms with E-state index >= 15 is 0 Å². The predicted octanol–water partition coefficient (Wildman–Crippen LogP) is 1.41. The molecule has 0 aromatic rings. The number of piperidine rings is 1. The maximum Gasteiger partial charge on any atom is 0.309 e. The Hall–Kier alpha value is -0.660. The van der Waals surface area contributed by atoms with Crippen molar-refractivity contribution < 1.29 is 22.7 Å². The Morgan fingerprint density at radius 1 is 1.26 bits per heavy atom. The molecule has 2 unspecified atom stereocenters. The van der Waals surface area contributed by atoms with Gasteiger partial charge in [0.1, 0.15) is 0 Å². The Morgan fingerprint density at radius 2 is 1.91 bits per heavy atom. The first kappa shape index (κ1) is 17.2. The molecule has 0 aromatic heterocycles. The Balaban J connectivity index is 1.55. The molecule has 2 atom stereocenters. The summed E-state index contributed by atoms with van der Waals surface area (Å²) in [6.45, 7) is 1.02. The molecule has 0 aromatic carbocycles. The minimum Gasteiger partial charge on any atom is -0.469 e. The third-order valence-corrected chi connectivity index (χ3v) is 8.04. The van der Waals surface area contributed by atoms with Crippen molar-refractivity contribution in [3.63, 3.8) is 0 Å². The van der Waals surface area contributed by atoms with Crippen LogP contribution in [-0.2, 0) is 24.3 Å². The summed E-state index contributed by atoms with van der Waals surface area (Å²) in [4.78, 5) is 11.7. The lowest BCUT2D eigenvalue weighted by Crippen LogP contribution is -2.45. The summed E-state index contributed by atoms with van der Waals surface area (Å²) in [5, 5.41) is 0. The van der Waals surface area contributed by atoms with Crippen LogP contribution < -0.4 is 0 Å². The Morgan fingerprint density at radius 3 is 2.39 bits per heavy atom. The lowest BCUT2D eigenvalue weighted by Gasteiger charge is -2.36.